The second-order valence-electron chi connectivity index (χ2n) is 11.7. The van der Waals surface area contributed by atoms with Gasteiger partial charge in [-0.05, 0) is 77.9 Å². The molecule has 1 aromatic heterocycles. The van der Waals surface area contributed by atoms with E-state index >= 15 is 4.39 Å². The van der Waals surface area contributed by atoms with Gasteiger partial charge in [0.25, 0.3) is 0 Å². The zero-order valence-corrected chi connectivity index (χ0v) is 26.3. The van der Waals surface area contributed by atoms with Crippen LogP contribution in [0.3, 0.4) is 0 Å². The smallest absolute Gasteiger partial charge is 0.415 e. The zero-order valence-electron chi connectivity index (χ0n) is 26.3. The molecule has 1 N–H and O–H groups in total. The van der Waals surface area contributed by atoms with E-state index in [4.69, 9.17) is 14.2 Å². The Labute approximate surface area is 258 Å². The Balaban J connectivity index is 1.99. The lowest BCUT2D eigenvalue weighted by Crippen LogP contribution is -2.37. The van der Waals surface area contributed by atoms with Crippen LogP contribution in [0.1, 0.15) is 41.5 Å². The minimum Gasteiger partial charge on any atom is -0.496 e. The fraction of sp³-hybridized carbons (Fsp3) is 0.333. The molecule has 234 valence electrons. The summed E-state index contributed by atoms with van der Waals surface area (Å²) in [6.07, 6.45) is 3.09. The van der Waals surface area contributed by atoms with Crippen molar-refractivity contribution in [2.24, 2.45) is 0 Å². The SMILES string of the molecule is C=CCN(C(=O)OC(C)(C)C)c1cccc(Nc2ncc(F)c(-c3cc(N(CC=C)C(=O)OC(C)(C)C)ccc3OC)n2)c1. The van der Waals surface area contributed by atoms with Gasteiger partial charge in [0.1, 0.15) is 22.6 Å². The number of amides is 2. The Morgan fingerprint density at radius 3 is 2.00 bits per heavy atom. The third-order valence-electron chi connectivity index (χ3n) is 5.76. The van der Waals surface area contributed by atoms with Crippen LogP contribution in [0.2, 0.25) is 0 Å². The number of hydrogen-bond donors (Lipinski definition) is 1. The quantitative estimate of drug-likeness (QED) is 0.233. The van der Waals surface area contributed by atoms with E-state index in [9.17, 15) is 9.59 Å². The van der Waals surface area contributed by atoms with E-state index in [0.717, 1.165) is 6.20 Å². The van der Waals surface area contributed by atoms with Gasteiger partial charge >= 0.3 is 12.2 Å². The van der Waals surface area contributed by atoms with Crippen molar-refractivity contribution in [2.75, 3.05) is 35.3 Å². The van der Waals surface area contributed by atoms with Crippen molar-refractivity contribution in [3.8, 4) is 17.0 Å². The third-order valence-corrected chi connectivity index (χ3v) is 5.76. The molecule has 0 aliphatic rings. The molecule has 0 unspecified atom stereocenters. The largest absolute Gasteiger partial charge is 0.496 e. The molecule has 2 amide bonds. The van der Waals surface area contributed by atoms with E-state index in [1.54, 1.807) is 96.2 Å². The number of halogens is 1. The molecule has 44 heavy (non-hydrogen) atoms. The maximum atomic E-state index is 15.3. The van der Waals surface area contributed by atoms with E-state index in [1.807, 2.05) is 0 Å². The number of nitrogens with one attached hydrogen (secondary N) is 1. The van der Waals surface area contributed by atoms with Crippen molar-refractivity contribution in [2.45, 2.75) is 52.7 Å². The zero-order chi connectivity index (χ0) is 32.7. The van der Waals surface area contributed by atoms with Crippen LogP contribution in [0, 0.1) is 5.82 Å². The predicted molar refractivity (Wildman–Crippen MR) is 171 cm³/mol. The van der Waals surface area contributed by atoms with Crippen LogP contribution in [0.15, 0.2) is 74.0 Å². The highest BCUT2D eigenvalue weighted by Crippen LogP contribution is 2.35. The highest BCUT2D eigenvalue weighted by atomic mass is 19.1. The number of carbonyl (C=O) groups excluding carboxylic acids is 2. The van der Waals surface area contributed by atoms with Gasteiger partial charge in [-0.15, -0.1) is 13.2 Å². The van der Waals surface area contributed by atoms with Gasteiger partial charge in [-0.1, -0.05) is 18.2 Å². The van der Waals surface area contributed by atoms with E-state index in [1.165, 1.54) is 16.9 Å². The predicted octanol–water partition coefficient (Wildman–Crippen LogP) is 7.89. The van der Waals surface area contributed by atoms with Crippen molar-refractivity contribution >= 4 is 35.2 Å². The number of carbonyl (C=O) groups is 2. The van der Waals surface area contributed by atoms with Crippen LogP contribution >= 0.6 is 0 Å². The number of benzene rings is 2. The summed E-state index contributed by atoms with van der Waals surface area (Å²) >= 11 is 0. The van der Waals surface area contributed by atoms with Crippen molar-refractivity contribution in [3.05, 3.63) is 79.8 Å². The summed E-state index contributed by atoms with van der Waals surface area (Å²) in [5, 5.41) is 3.07. The molecule has 0 spiro atoms. The minimum atomic E-state index is -0.724. The van der Waals surface area contributed by atoms with Gasteiger partial charge in [0, 0.05) is 35.7 Å². The van der Waals surface area contributed by atoms with Gasteiger partial charge in [-0.2, -0.15) is 0 Å². The van der Waals surface area contributed by atoms with E-state index in [-0.39, 0.29) is 24.7 Å². The Morgan fingerprint density at radius 2 is 1.48 bits per heavy atom. The summed E-state index contributed by atoms with van der Waals surface area (Å²) in [7, 11) is 1.46. The minimum absolute atomic E-state index is 0.0536. The second-order valence-corrected chi connectivity index (χ2v) is 11.7. The Hall–Kier alpha value is -4.93. The van der Waals surface area contributed by atoms with Crippen LogP contribution in [0.25, 0.3) is 11.3 Å². The van der Waals surface area contributed by atoms with Gasteiger partial charge in [0.15, 0.2) is 5.82 Å². The second kappa shape index (κ2) is 14.0. The summed E-state index contributed by atoms with van der Waals surface area (Å²) in [5.74, 6) is -0.275. The van der Waals surface area contributed by atoms with Crippen LogP contribution in [0.5, 0.6) is 5.75 Å². The number of methoxy groups -OCH3 is 1. The van der Waals surface area contributed by atoms with Gasteiger partial charge in [-0.25, -0.2) is 23.9 Å². The molecule has 0 bridgehead atoms. The topological polar surface area (TPSA) is 106 Å². The van der Waals surface area contributed by atoms with Crippen LogP contribution in [0.4, 0.5) is 37.0 Å². The molecule has 0 saturated carbocycles. The normalized spacial score (nSPS) is 11.3. The third kappa shape index (κ3) is 9.03. The number of hydrogen-bond acceptors (Lipinski definition) is 8. The highest BCUT2D eigenvalue weighted by molar-refractivity contribution is 5.90. The number of ether oxygens (including phenoxy) is 3. The lowest BCUT2D eigenvalue weighted by Gasteiger charge is -2.27. The molecule has 0 atom stereocenters. The fourth-order valence-corrected chi connectivity index (χ4v) is 4.01. The number of aromatic nitrogens is 2. The molecule has 2 aromatic carbocycles. The fourth-order valence-electron chi connectivity index (χ4n) is 4.01. The number of anilines is 4. The van der Waals surface area contributed by atoms with Crippen LogP contribution in [-0.2, 0) is 9.47 Å². The first-order valence-electron chi connectivity index (χ1n) is 14.0. The Kier molecular flexibility index (Phi) is 10.7. The highest BCUT2D eigenvalue weighted by Gasteiger charge is 2.25. The summed E-state index contributed by atoms with van der Waals surface area (Å²) in [5.41, 5.74) is 0.352. The Morgan fingerprint density at radius 1 is 0.909 bits per heavy atom. The standard InChI is InChI=1S/C33H40FN5O5/c1-10-17-38(30(40)43-32(3,4)5)23-14-12-13-22(19-23)36-29-35-21-26(34)28(37-29)25-20-24(15-16-27(25)42-9)39(18-11-2)31(41)44-33(6,7)8/h10-16,19-21H,1-2,17-18H2,3-9H3,(H,35,36,37). The van der Waals surface area contributed by atoms with Gasteiger partial charge < -0.3 is 19.5 Å². The first-order valence-corrected chi connectivity index (χ1v) is 14.0. The summed E-state index contributed by atoms with van der Waals surface area (Å²) < 4.78 is 31.9. The van der Waals surface area contributed by atoms with Gasteiger partial charge in [-0.3, -0.25) is 9.80 Å². The lowest BCUT2D eigenvalue weighted by molar-refractivity contribution is 0.0573. The molecule has 3 rings (SSSR count). The molecule has 0 radical (unpaired) electrons. The molecule has 3 aromatic rings. The molecule has 1 heterocycles. The van der Waals surface area contributed by atoms with Crippen molar-refractivity contribution < 1.29 is 28.2 Å². The molecule has 10 nitrogen and oxygen atoms in total. The van der Waals surface area contributed by atoms with E-state index in [0.29, 0.717) is 28.4 Å². The van der Waals surface area contributed by atoms with Crippen molar-refractivity contribution in [3.63, 3.8) is 0 Å². The number of nitrogens with zero attached hydrogens (tertiary/aromatic N) is 4. The maximum Gasteiger partial charge on any atom is 0.415 e. The molecule has 0 fully saturated rings. The van der Waals surface area contributed by atoms with Crippen LogP contribution in [-0.4, -0.2) is 53.6 Å². The van der Waals surface area contributed by atoms with Gasteiger partial charge in [0.05, 0.1) is 13.3 Å². The molecular formula is C33H40FN5O5. The molecule has 11 heteroatoms. The van der Waals surface area contributed by atoms with Crippen molar-refractivity contribution in [1.29, 1.82) is 0 Å². The monoisotopic (exact) mass is 605 g/mol. The summed E-state index contributed by atoms with van der Waals surface area (Å²) in [4.78, 5) is 37.2. The van der Waals surface area contributed by atoms with Gasteiger partial charge in [0.2, 0.25) is 5.95 Å². The van der Waals surface area contributed by atoms with Crippen LogP contribution < -0.4 is 19.9 Å². The lowest BCUT2D eigenvalue weighted by atomic mass is 10.1. The molecular weight excluding hydrogens is 565 g/mol. The average Bonchev–Trinajstić information content (AvgIpc) is 2.93. The Bertz CT molecular complexity index is 1510. The summed E-state index contributed by atoms with van der Waals surface area (Å²) in [6, 6.07) is 11.9. The first kappa shape index (κ1) is 33.6. The molecule has 0 aliphatic carbocycles. The number of rotatable bonds is 10. The summed E-state index contributed by atoms with van der Waals surface area (Å²) in [6.45, 7) is 18.5. The first-order chi connectivity index (χ1) is 20.7. The molecule has 0 saturated heterocycles. The van der Waals surface area contributed by atoms with E-state index < -0.39 is 29.2 Å². The maximum absolute atomic E-state index is 15.3. The van der Waals surface area contributed by atoms with E-state index in [2.05, 4.69) is 28.4 Å². The van der Waals surface area contributed by atoms with Crippen molar-refractivity contribution in [1.82, 2.24) is 9.97 Å². The average molecular weight is 606 g/mol. The molecule has 0 aliphatic heterocycles.